The summed E-state index contributed by atoms with van der Waals surface area (Å²) in [5.41, 5.74) is 4.46. The Kier molecular flexibility index (Phi) is 7.51. The molecule has 0 fully saturated rings. The van der Waals surface area contributed by atoms with E-state index in [4.69, 9.17) is 0 Å². The molecule has 0 saturated carbocycles. The third kappa shape index (κ3) is 6.12. The van der Waals surface area contributed by atoms with Crippen LogP contribution < -0.4 is 0 Å². The Balaban J connectivity index is 0.00000261. The molecule has 0 bridgehead atoms. The van der Waals surface area contributed by atoms with E-state index in [1.807, 2.05) is 12.2 Å². The third-order valence-corrected chi connectivity index (χ3v) is 4.83. The van der Waals surface area contributed by atoms with Gasteiger partial charge in [0, 0.05) is 13.1 Å². The second-order valence-electron chi connectivity index (χ2n) is 7.03. The molecule has 2 aromatic rings. The Labute approximate surface area is 165 Å². The quantitative estimate of drug-likeness (QED) is 0.586. The number of fused-ring (bicyclic) bond motifs is 1. The first-order valence-electron chi connectivity index (χ1n) is 9.05. The van der Waals surface area contributed by atoms with Gasteiger partial charge in [-0.25, -0.2) is 0 Å². The second kappa shape index (κ2) is 9.43. The molecule has 0 spiro atoms. The summed E-state index contributed by atoms with van der Waals surface area (Å²) in [5.74, 6) is 0. The van der Waals surface area contributed by atoms with Crippen molar-refractivity contribution in [2.45, 2.75) is 38.4 Å². The monoisotopic (exact) mass is 395 g/mol. The van der Waals surface area contributed by atoms with Crippen molar-refractivity contribution >= 4 is 18.5 Å². The number of halogens is 4. The number of hydrogen-bond donors (Lipinski definition) is 0. The molecule has 146 valence electrons. The van der Waals surface area contributed by atoms with Gasteiger partial charge in [0.15, 0.2) is 0 Å². The second-order valence-corrected chi connectivity index (χ2v) is 7.03. The van der Waals surface area contributed by atoms with E-state index >= 15 is 0 Å². The molecule has 0 heterocycles. The average Bonchev–Trinajstić information content (AvgIpc) is 2.61. The molecule has 0 atom stereocenters. The molecule has 0 saturated heterocycles. The minimum Gasteiger partial charge on any atom is -0.298 e. The number of rotatable bonds is 5. The summed E-state index contributed by atoms with van der Waals surface area (Å²) in [6.45, 7) is 1.61. The molecule has 1 aliphatic carbocycles. The van der Waals surface area contributed by atoms with Crippen molar-refractivity contribution < 1.29 is 13.2 Å². The molecule has 0 amide bonds. The summed E-state index contributed by atoms with van der Waals surface area (Å²) >= 11 is 0. The van der Waals surface area contributed by atoms with Gasteiger partial charge in [-0.15, -0.1) is 12.4 Å². The van der Waals surface area contributed by atoms with Gasteiger partial charge >= 0.3 is 6.18 Å². The van der Waals surface area contributed by atoms with Gasteiger partial charge in [0.25, 0.3) is 0 Å². The summed E-state index contributed by atoms with van der Waals surface area (Å²) in [6, 6.07) is 12.0. The number of likely N-dealkylation sites (N-methyl/N-ethyl adjacent to an activating group) is 1. The van der Waals surface area contributed by atoms with Gasteiger partial charge in [-0.3, -0.25) is 4.90 Å². The molecular formula is C22H25ClF3N. The zero-order chi connectivity index (χ0) is 18.6. The number of hydrogen-bond acceptors (Lipinski definition) is 1. The van der Waals surface area contributed by atoms with Gasteiger partial charge in [0.05, 0.1) is 5.56 Å². The molecule has 2 aromatic carbocycles. The van der Waals surface area contributed by atoms with Gasteiger partial charge in [0.2, 0.25) is 0 Å². The normalized spacial score (nSPS) is 14.3. The van der Waals surface area contributed by atoms with Crippen LogP contribution in [0.1, 0.15) is 40.7 Å². The first kappa shape index (κ1) is 21.5. The highest BCUT2D eigenvalue weighted by Crippen LogP contribution is 2.29. The first-order chi connectivity index (χ1) is 12.4. The van der Waals surface area contributed by atoms with E-state index in [1.54, 1.807) is 0 Å². The number of aryl methyl sites for hydroxylation is 2. The Morgan fingerprint density at radius 3 is 2.30 bits per heavy atom. The van der Waals surface area contributed by atoms with Crippen molar-refractivity contribution in [1.82, 2.24) is 4.90 Å². The first-order valence-corrected chi connectivity index (χ1v) is 9.05. The van der Waals surface area contributed by atoms with Gasteiger partial charge < -0.3 is 0 Å². The SMILES string of the molecule is CN(C/C=C/c1ccc(C(F)(F)F)cc1)Cc1ccc2c(c1)CCCC2.Cl. The van der Waals surface area contributed by atoms with Crippen LogP contribution in [0.5, 0.6) is 0 Å². The smallest absolute Gasteiger partial charge is 0.298 e. The van der Waals surface area contributed by atoms with Gasteiger partial charge in [0.1, 0.15) is 0 Å². The van der Waals surface area contributed by atoms with Crippen LogP contribution >= 0.6 is 12.4 Å². The van der Waals surface area contributed by atoms with E-state index in [9.17, 15) is 13.2 Å². The highest BCUT2D eigenvalue weighted by molar-refractivity contribution is 5.85. The van der Waals surface area contributed by atoms with E-state index in [-0.39, 0.29) is 12.4 Å². The molecule has 1 aliphatic rings. The molecule has 0 aliphatic heterocycles. The van der Waals surface area contributed by atoms with Crippen LogP contribution in [0.3, 0.4) is 0 Å². The zero-order valence-corrected chi connectivity index (χ0v) is 16.2. The Bertz CT molecular complexity index is 766. The standard InChI is InChI=1S/C22H24F3N.ClH/c1-26(16-18-8-11-19-6-2-3-7-20(19)15-18)14-4-5-17-9-12-21(13-10-17)22(23,24)25;/h4-5,8-13,15H,2-3,6-7,14,16H2,1H3;1H/b5-4+;. The Morgan fingerprint density at radius 2 is 1.63 bits per heavy atom. The fourth-order valence-electron chi connectivity index (χ4n) is 3.41. The molecule has 0 radical (unpaired) electrons. The van der Waals surface area contributed by atoms with E-state index in [0.717, 1.165) is 30.8 Å². The van der Waals surface area contributed by atoms with E-state index < -0.39 is 11.7 Å². The molecule has 0 aromatic heterocycles. The summed E-state index contributed by atoms with van der Waals surface area (Å²) in [5, 5.41) is 0. The molecule has 5 heteroatoms. The van der Waals surface area contributed by atoms with Crippen LogP contribution in [0.25, 0.3) is 6.08 Å². The Hall–Kier alpha value is -1.78. The molecular weight excluding hydrogens is 371 g/mol. The van der Waals surface area contributed by atoms with Gasteiger partial charge in [-0.1, -0.05) is 42.5 Å². The van der Waals surface area contributed by atoms with E-state index in [2.05, 4.69) is 30.1 Å². The highest BCUT2D eigenvalue weighted by Gasteiger charge is 2.29. The van der Waals surface area contributed by atoms with Crippen molar-refractivity contribution in [2.75, 3.05) is 13.6 Å². The minimum atomic E-state index is -4.28. The van der Waals surface area contributed by atoms with Crippen LogP contribution in [-0.2, 0) is 25.6 Å². The lowest BCUT2D eigenvalue weighted by molar-refractivity contribution is -0.137. The fourth-order valence-corrected chi connectivity index (χ4v) is 3.41. The topological polar surface area (TPSA) is 3.24 Å². The summed E-state index contributed by atoms with van der Waals surface area (Å²) in [6.07, 6.45) is 4.52. The maximum Gasteiger partial charge on any atom is 0.416 e. The predicted octanol–water partition coefficient (Wildman–Crippen LogP) is 6.15. The largest absolute Gasteiger partial charge is 0.416 e. The Morgan fingerprint density at radius 1 is 0.963 bits per heavy atom. The summed E-state index contributed by atoms with van der Waals surface area (Å²) in [7, 11) is 2.05. The lowest BCUT2D eigenvalue weighted by Crippen LogP contribution is -2.18. The average molecular weight is 396 g/mol. The maximum absolute atomic E-state index is 12.6. The summed E-state index contributed by atoms with van der Waals surface area (Å²) in [4.78, 5) is 2.20. The highest BCUT2D eigenvalue weighted by atomic mass is 35.5. The molecule has 1 nitrogen and oxygen atoms in total. The van der Waals surface area contributed by atoms with Gasteiger partial charge in [-0.05, 0) is 67.1 Å². The van der Waals surface area contributed by atoms with Crippen LogP contribution in [0.2, 0.25) is 0 Å². The number of nitrogens with zero attached hydrogens (tertiary/aromatic N) is 1. The van der Waals surface area contributed by atoms with Crippen LogP contribution in [0.15, 0.2) is 48.5 Å². The number of benzene rings is 2. The van der Waals surface area contributed by atoms with Gasteiger partial charge in [-0.2, -0.15) is 13.2 Å². The lowest BCUT2D eigenvalue weighted by atomic mass is 9.90. The van der Waals surface area contributed by atoms with Crippen molar-refractivity contribution in [3.63, 3.8) is 0 Å². The van der Waals surface area contributed by atoms with Crippen molar-refractivity contribution in [1.29, 1.82) is 0 Å². The molecule has 0 unspecified atom stereocenters. The summed E-state index contributed by atoms with van der Waals surface area (Å²) < 4.78 is 37.7. The van der Waals surface area contributed by atoms with Crippen molar-refractivity contribution in [2.24, 2.45) is 0 Å². The van der Waals surface area contributed by atoms with Crippen LogP contribution in [0.4, 0.5) is 13.2 Å². The van der Waals surface area contributed by atoms with Crippen LogP contribution in [0, 0.1) is 0 Å². The molecule has 27 heavy (non-hydrogen) atoms. The third-order valence-electron chi connectivity index (χ3n) is 4.83. The van der Waals surface area contributed by atoms with Crippen molar-refractivity contribution in [3.05, 3.63) is 76.4 Å². The zero-order valence-electron chi connectivity index (χ0n) is 15.4. The maximum atomic E-state index is 12.6. The fraction of sp³-hybridized carbons (Fsp3) is 0.364. The predicted molar refractivity (Wildman–Crippen MR) is 107 cm³/mol. The number of alkyl halides is 3. The minimum absolute atomic E-state index is 0. The lowest BCUT2D eigenvalue weighted by Gasteiger charge is -2.19. The van der Waals surface area contributed by atoms with Crippen LogP contribution in [-0.4, -0.2) is 18.5 Å². The van der Waals surface area contributed by atoms with E-state index in [0.29, 0.717) is 0 Å². The van der Waals surface area contributed by atoms with E-state index in [1.165, 1.54) is 54.5 Å². The molecule has 3 rings (SSSR count). The van der Waals surface area contributed by atoms with Crippen molar-refractivity contribution in [3.8, 4) is 0 Å². The molecule has 0 N–H and O–H groups in total.